The molecule has 1 heterocycles. The smallest absolute Gasteiger partial charge is 0.119 e. The van der Waals surface area contributed by atoms with Crippen molar-refractivity contribution in [2.24, 2.45) is 7.05 Å². The lowest BCUT2D eigenvalue weighted by molar-refractivity contribution is 0.413. The highest BCUT2D eigenvalue weighted by Crippen LogP contribution is 2.26. The molecule has 5 heteroatoms. The molecule has 1 atom stereocenters. The maximum absolute atomic E-state index is 5.27. The first kappa shape index (κ1) is 14.1. The number of ether oxygens (including phenoxy) is 1. The molecule has 1 aromatic carbocycles. The van der Waals surface area contributed by atoms with Gasteiger partial charge in [0.1, 0.15) is 5.75 Å². The van der Waals surface area contributed by atoms with Crippen LogP contribution in [0.2, 0.25) is 0 Å². The number of rotatable bonds is 5. The number of likely N-dealkylation sites (N-methyl/N-ethyl adjacent to an activating group) is 1. The number of hydrogen-bond donors (Lipinski definition) is 1. The van der Waals surface area contributed by atoms with Crippen LogP contribution < -0.4 is 10.1 Å². The number of hydrogen-bond acceptors (Lipinski definition) is 3. The molecule has 0 spiro atoms. The van der Waals surface area contributed by atoms with Crippen LogP contribution in [0.15, 0.2) is 34.9 Å². The van der Waals surface area contributed by atoms with E-state index in [4.69, 9.17) is 4.74 Å². The van der Waals surface area contributed by atoms with Gasteiger partial charge < -0.3 is 10.1 Å². The Morgan fingerprint density at radius 2 is 2.21 bits per heavy atom. The number of halogens is 1. The van der Waals surface area contributed by atoms with Gasteiger partial charge in [0.2, 0.25) is 0 Å². The molecule has 4 nitrogen and oxygen atoms in total. The Balaban J connectivity index is 2.23. The van der Waals surface area contributed by atoms with Gasteiger partial charge in [-0.15, -0.1) is 0 Å². The molecule has 102 valence electrons. The Bertz CT molecular complexity index is 553. The SMILES string of the molecule is CNC(Cc1cc(OC)ccc1Br)c1ccn(C)n1. The number of aryl methyl sites for hydroxylation is 1. The third kappa shape index (κ3) is 3.36. The lowest BCUT2D eigenvalue weighted by atomic mass is 10.0. The van der Waals surface area contributed by atoms with E-state index in [2.05, 4.69) is 32.4 Å². The number of nitrogens with one attached hydrogen (secondary N) is 1. The summed E-state index contributed by atoms with van der Waals surface area (Å²) in [7, 11) is 5.56. The fraction of sp³-hybridized carbons (Fsp3) is 0.357. The quantitative estimate of drug-likeness (QED) is 0.919. The van der Waals surface area contributed by atoms with Crippen LogP contribution in [0.4, 0.5) is 0 Å². The topological polar surface area (TPSA) is 39.1 Å². The minimum atomic E-state index is 0.185. The number of nitrogens with zero attached hydrogens (tertiary/aromatic N) is 2. The van der Waals surface area contributed by atoms with Gasteiger partial charge in [0.15, 0.2) is 0 Å². The van der Waals surface area contributed by atoms with Crippen LogP contribution in [0.3, 0.4) is 0 Å². The van der Waals surface area contributed by atoms with Gasteiger partial charge in [0, 0.05) is 17.7 Å². The lowest BCUT2D eigenvalue weighted by Gasteiger charge is -2.15. The molecule has 2 aromatic rings. The summed E-state index contributed by atoms with van der Waals surface area (Å²) < 4.78 is 8.18. The van der Waals surface area contributed by atoms with Gasteiger partial charge in [0.05, 0.1) is 18.8 Å². The van der Waals surface area contributed by atoms with Crippen molar-refractivity contribution < 1.29 is 4.74 Å². The van der Waals surface area contributed by atoms with Crippen molar-refractivity contribution in [1.29, 1.82) is 0 Å². The average molecular weight is 324 g/mol. The molecule has 2 rings (SSSR count). The van der Waals surface area contributed by atoms with Crippen LogP contribution in [0.1, 0.15) is 17.3 Å². The van der Waals surface area contributed by atoms with Crippen LogP contribution in [0, 0.1) is 0 Å². The van der Waals surface area contributed by atoms with Gasteiger partial charge in [-0.3, -0.25) is 4.68 Å². The second-order valence-electron chi connectivity index (χ2n) is 4.42. The van der Waals surface area contributed by atoms with Crippen molar-refractivity contribution >= 4 is 15.9 Å². The minimum Gasteiger partial charge on any atom is -0.497 e. The highest BCUT2D eigenvalue weighted by Gasteiger charge is 2.15. The largest absolute Gasteiger partial charge is 0.497 e. The zero-order valence-electron chi connectivity index (χ0n) is 11.4. The predicted molar refractivity (Wildman–Crippen MR) is 79.4 cm³/mol. The van der Waals surface area contributed by atoms with Crippen molar-refractivity contribution in [2.75, 3.05) is 14.2 Å². The van der Waals surface area contributed by atoms with Crippen molar-refractivity contribution in [3.05, 3.63) is 46.2 Å². The van der Waals surface area contributed by atoms with Gasteiger partial charge in [-0.25, -0.2) is 0 Å². The minimum absolute atomic E-state index is 0.185. The molecular formula is C14H18BrN3O. The Morgan fingerprint density at radius 3 is 2.79 bits per heavy atom. The molecule has 0 saturated heterocycles. The Hall–Kier alpha value is -1.33. The standard InChI is InChI=1S/C14H18BrN3O/c1-16-14(13-6-7-18(2)17-13)9-10-8-11(19-3)4-5-12(10)15/h4-8,14,16H,9H2,1-3H3. The van der Waals surface area contributed by atoms with E-state index in [1.54, 1.807) is 7.11 Å². The first-order valence-electron chi connectivity index (χ1n) is 6.13. The van der Waals surface area contributed by atoms with Crippen molar-refractivity contribution in [1.82, 2.24) is 15.1 Å². The second-order valence-corrected chi connectivity index (χ2v) is 5.27. The van der Waals surface area contributed by atoms with Crippen LogP contribution in [0.25, 0.3) is 0 Å². The molecule has 0 bridgehead atoms. The van der Waals surface area contributed by atoms with E-state index in [1.807, 2.05) is 43.2 Å². The molecule has 1 N–H and O–H groups in total. The fourth-order valence-electron chi connectivity index (χ4n) is 2.03. The number of methoxy groups -OCH3 is 1. The van der Waals surface area contributed by atoms with Crippen molar-refractivity contribution in [2.45, 2.75) is 12.5 Å². The van der Waals surface area contributed by atoms with Crippen LogP contribution in [0.5, 0.6) is 5.75 Å². The van der Waals surface area contributed by atoms with Gasteiger partial charge in [0.25, 0.3) is 0 Å². The van der Waals surface area contributed by atoms with Crippen LogP contribution in [-0.2, 0) is 13.5 Å². The van der Waals surface area contributed by atoms with Crippen LogP contribution in [-0.4, -0.2) is 23.9 Å². The molecular weight excluding hydrogens is 306 g/mol. The summed E-state index contributed by atoms with van der Waals surface area (Å²) in [5, 5.41) is 7.77. The summed E-state index contributed by atoms with van der Waals surface area (Å²) in [6.07, 6.45) is 2.81. The zero-order chi connectivity index (χ0) is 13.8. The maximum Gasteiger partial charge on any atom is 0.119 e. The first-order valence-corrected chi connectivity index (χ1v) is 6.92. The van der Waals surface area contributed by atoms with E-state index in [9.17, 15) is 0 Å². The number of aromatic nitrogens is 2. The third-order valence-corrected chi connectivity index (χ3v) is 3.89. The summed E-state index contributed by atoms with van der Waals surface area (Å²) in [5.41, 5.74) is 2.24. The van der Waals surface area contributed by atoms with Gasteiger partial charge >= 0.3 is 0 Å². The summed E-state index contributed by atoms with van der Waals surface area (Å²) >= 11 is 3.59. The fourth-order valence-corrected chi connectivity index (χ4v) is 2.44. The van der Waals surface area contributed by atoms with E-state index in [-0.39, 0.29) is 6.04 Å². The van der Waals surface area contributed by atoms with E-state index in [0.29, 0.717) is 0 Å². The lowest BCUT2D eigenvalue weighted by Crippen LogP contribution is -2.19. The molecule has 0 amide bonds. The highest BCUT2D eigenvalue weighted by molar-refractivity contribution is 9.10. The molecule has 0 aliphatic carbocycles. The third-order valence-electron chi connectivity index (χ3n) is 3.12. The summed E-state index contributed by atoms with van der Waals surface area (Å²) in [6, 6.07) is 8.24. The predicted octanol–water partition coefficient (Wildman–Crippen LogP) is 2.69. The van der Waals surface area contributed by atoms with E-state index in [1.165, 1.54) is 5.56 Å². The van der Waals surface area contributed by atoms with Gasteiger partial charge in [-0.2, -0.15) is 5.10 Å². The maximum atomic E-state index is 5.27. The van der Waals surface area contributed by atoms with Gasteiger partial charge in [-0.1, -0.05) is 15.9 Å². The molecule has 19 heavy (non-hydrogen) atoms. The van der Waals surface area contributed by atoms with Crippen molar-refractivity contribution in [3.8, 4) is 5.75 Å². The summed E-state index contributed by atoms with van der Waals surface area (Å²) in [4.78, 5) is 0. The van der Waals surface area contributed by atoms with E-state index in [0.717, 1.165) is 22.3 Å². The summed E-state index contributed by atoms with van der Waals surface area (Å²) in [6.45, 7) is 0. The summed E-state index contributed by atoms with van der Waals surface area (Å²) in [5.74, 6) is 0.870. The van der Waals surface area contributed by atoms with Gasteiger partial charge in [-0.05, 0) is 43.3 Å². The van der Waals surface area contributed by atoms with E-state index >= 15 is 0 Å². The zero-order valence-corrected chi connectivity index (χ0v) is 12.9. The molecule has 0 fully saturated rings. The van der Waals surface area contributed by atoms with E-state index < -0.39 is 0 Å². The molecule has 0 saturated carbocycles. The van der Waals surface area contributed by atoms with Crippen molar-refractivity contribution in [3.63, 3.8) is 0 Å². The Morgan fingerprint density at radius 1 is 1.42 bits per heavy atom. The Labute approximate surface area is 121 Å². The number of benzene rings is 1. The molecule has 0 aliphatic rings. The molecule has 0 radical (unpaired) electrons. The highest BCUT2D eigenvalue weighted by atomic mass is 79.9. The monoisotopic (exact) mass is 323 g/mol. The Kier molecular flexibility index (Phi) is 4.61. The first-order chi connectivity index (χ1) is 9.13. The normalized spacial score (nSPS) is 12.4. The molecule has 0 aliphatic heterocycles. The molecule has 1 unspecified atom stereocenters. The van der Waals surface area contributed by atoms with Crippen LogP contribution >= 0.6 is 15.9 Å². The average Bonchev–Trinajstić information content (AvgIpc) is 2.84. The molecule has 1 aromatic heterocycles. The second kappa shape index (κ2) is 6.21.